The van der Waals surface area contributed by atoms with Gasteiger partial charge in [-0.05, 0) is 45.7 Å². The Kier molecular flexibility index (Phi) is 5.24. The van der Waals surface area contributed by atoms with E-state index in [0.29, 0.717) is 18.5 Å². The molecular weight excluding hydrogens is 364 g/mol. The lowest BCUT2D eigenvalue weighted by Gasteiger charge is -2.30. The van der Waals surface area contributed by atoms with E-state index < -0.39 is 10.0 Å². The summed E-state index contributed by atoms with van der Waals surface area (Å²) in [6, 6.07) is 6.68. The molecule has 1 aromatic heterocycles. The highest BCUT2D eigenvalue weighted by molar-refractivity contribution is 7.90. The normalized spacial score (nSPS) is 20.6. The first-order valence-electron chi connectivity index (χ1n) is 8.83. The van der Waals surface area contributed by atoms with Crippen molar-refractivity contribution in [2.24, 2.45) is 5.92 Å². The van der Waals surface area contributed by atoms with Gasteiger partial charge in [-0.1, -0.05) is 28.8 Å². The van der Waals surface area contributed by atoms with Crippen LogP contribution >= 0.6 is 0 Å². The zero-order valence-electron chi connectivity index (χ0n) is 16.0. The Morgan fingerprint density at radius 2 is 1.74 bits per heavy atom. The molecule has 0 aliphatic heterocycles. The molecule has 0 bridgehead atoms. The molecule has 0 saturated heterocycles. The minimum absolute atomic E-state index is 0.199. The van der Waals surface area contributed by atoms with Crippen molar-refractivity contribution in [1.29, 1.82) is 0 Å². The number of hydrogen-bond donors (Lipinski definition) is 0. The number of ether oxygens (including phenoxy) is 1. The average molecular weight is 388 g/mol. The summed E-state index contributed by atoms with van der Waals surface area (Å²) in [5, 5.41) is 0. The van der Waals surface area contributed by atoms with E-state index >= 15 is 0 Å². The molecule has 1 aromatic carbocycles. The maximum atomic E-state index is 12.9. The standard InChI is InChI=1S/C20H24N2O4S/c1-13-5-7-16(8-6-13)27(24,25)22-11-19(21-12-22)17-9-14(2)15(3)10-18(17)20(23)26-4/h5-8,11-12,17-18H,9-10H2,1-4H3/t17-,18-/m0/s1. The second-order valence-electron chi connectivity index (χ2n) is 7.15. The summed E-state index contributed by atoms with van der Waals surface area (Å²) in [4.78, 5) is 16.8. The first-order valence-corrected chi connectivity index (χ1v) is 10.3. The van der Waals surface area contributed by atoms with Gasteiger partial charge >= 0.3 is 5.97 Å². The molecule has 0 saturated carbocycles. The zero-order valence-corrected chi connectivity index (χ0v) is 16.8. The summed E-state index contributed by atoms with van der Waals surface area (Å²) in [5.41, 5.74) is 3.96. The van der Waals surface area contributed by atoms with Crippen molar-refractivity contribution in [3.8, 4) is 0 Å². The molecular formula is C20H24N2O4S. The monoisotopic (exact) mass is 388 g/mol. The smallest absolute Gasteiger partial charge is 0.309 e. The molecule has 0 unspecified atom stereocenters. The van der Waals surface area contributed by atoms with Gasteiger partial charge in [0.05, 0.1) is 23.6 Å². The first-order chi connectivity index (χ1) is 12.7. The van der Waals surface area contributed by atoms with E-state index in [-0.39, 0.29) is 22.7 Å². The quantitative estimate of drug-likeness (QED) is 0.592. The highest BCUT2D eigenvalue weighted by atomic mass is 32.2. The van der Waals surface area contributed by atoms with Crippen LogP contribution in [0.3, 0.4) is 0 Å². The van der Waals surface area contributed by atoms with Crippen LogP contribution in [0.5, 0.6) is 0 Å². The number of esters is 1. The number of aryl methyl sites for hydroxylation is 1. The Hall–Kier alpha value is -2.41. The highest BCUT2D eigenvalue weighted by Gasteiger charge is 2.36. The van der Waals surface area contributed by atoms with Crippen LogP contribution < -0.4 is 0 Å². The summed E-state index contributed by atoms with van der Waals surface area (Å²) in [6.45, 7) is 5.96. The zero-order chi connectivity index (χ0) is 19.8. The van der Waals surface area contributed by atoms with E-state index in [1.807, 2.05) is 20.8 Å². The third-order valence-corrected chi connectivity index (χ3v) is 6.95. The fourth-order valence-corrected chi connectivity index (χ4v) is 4.62. The van der Waals surface area contributed by atoms with Crippen LogP contribution in [-0.4, -0.2) is 30.5 Å². The predicted molar refractivity (Wildman–Crippen MR) is 102 cm³/mol. The van der Waals surface area contributed by atoms with Crippen molar-refractivity contribution >= 4 is 16.0 Å². The van der Waals surface area contributed by atoms with Crippen LogP contribution in [-0.2, 0) is 19.6 Å². The van der Waals surface area contributed by atoms with Crippen molar-refractivity contribution in [3.63, 3.8) is 0 Å². The lowest BCUT2D eigenvalue weighted by atomic mass is 9.75. The van der Waals surface area contributed by atoms with Gasteiger partial charge in [0.25, 0.3) is 10.0 Å². The van der Waals surface area contributed by atoms with Gasteiger partial charge in [-0.2, -0.15) is 0 Å². The lowest BCUT2D eigenvalue weighted by Crippen LogP contribution is -2.27. The maximum Gasteiger partial charge on any atom is 0.309 e. The molecule has 2 aromatic rings. The van der Waals surface area contributed by atoms with Crippen molar-refractivity contribution in [2.75, 3.05) is 7.11 Å². The third kappa shape index (κ3) is 3.69. The second kappa shape index (κ2) is 7.31. The SMILES string of the molecule is COC(=O)[C@H]1CC(C)=C(C)C[C@@H]1c1cn(S(=O)(=O)c2ccc(C)cc2)cn1. The van der Waals surface area contributed by atoms with Gasteiger partial charge in [-0.3, -0.25) is 4.79 Å². The first kappa shape index (κ1) is 19.4. The number of nitrogens with zero attached hydrogens (tertiary/aromatic N) is 2. The molecule has 0 N–H and O–H groups in total. The number of allylic oxidation sites excluding steroid dienone is 2. The van der Waals surface area contributed by atoms with Gasteiger partial charge in [0.15, 0.2) is 0 Å². The molecule has 7 heteroatoms. The fraction of sp³-hybridized carbons (Fsp3) is 0.400. The Bertz CT molecular complexity index is 987. The molecule has 0 amide bonds. The number of aromatic nitrogens is 2. The fourth-order valence-electron chi connectivity index (χ4n) is 3.48. The van der Waals surface area contributed by atoms with E-state index in [1.165, 1.54) is 30.8 Å². The van der Waals surface area contributed by atoms with E-state index in [1.54, 1.807) is 24.3 Å². The van der Waals surface area contributed by atoms with Crippen LogP contribution in [0, 0.1) is 12.8 Å². The van der Waals surface area contributed by atoms with Crippen LogP contribution in [0.15, 0.2) is 52.8 Å². The topological polar surface area (TPSA) is 78.3 Å². The van der Waals surface area contributed by atoms with Crippen molar-refractivity contribution in [1.82, 2.24) is 8.96 Å². The molecule has 144 valence electrons. The largest absolute Gasteiger partial charge is 0.469 e. The molecule has 1 aliphatic carbocycles. The van der Waals surface area contributed by atoms with Gasteiger partial charge in [0.2, 0.25) is 0 Å². The molecule has 2 atom stereocenters. The molecule has 1 heterocycles. The summed E-state index contributed by atoms with van der Waals surface area (Å²) < 4.78 is 31.8. The predicted octanol–water partition coefficient (Wildman–Crippen LogP) is 3.43. The maximum absolute atomic E-state index is 12.9. The van der Waals surface area contributed by atoms with Crippen LogP contribution in [0.4, 0.5) is 0 Å². The Morgan fingerprint density at radius 1 is 1.11 bits per heavy atom. The van der Waals surface area contributed by atoms with E-state index in [9.17, 15) is 13.2 Å². The molecule has 0 radical (unpaired) electrons. The number of hydrogen-bond acceptors (Lipinski definition) is 5. The van der Waals surface area contributed by atoms with Crippen LogP contribution in [0.1, 0.15) is 43.9 Å². The Balaban J connectivity index is 1.96. The Morgan fingerprint density at radius 3 is 2.37 bits per heavy atom. The minimum atomic E-state index is -3.72. The lowest BCUT2D eigenvalue weighted by molar-refractivity contribution is -0.146. The van der Waals surface area contributed by atoms with E-state index in [4.69, 9.17) is 4.74 Å². The molecule has 0 spiro atoms. The number of carbonyl (C=O) groups is 1. The summed E-state index contributed by atoms with van der Waals surface area (Å²) in [6.07, 6.45) is 4.08. The second-order valence-corrected chi connectivity index (χ2v) is 8.99. The third-order valence-electron chi connectivity index (χ3n) is 5.33. The number of carbonyl (C=O) groups excluding carboxylic acids is 1. The molecule has 0 fully saturated rings. The number of rotatable bonds is 4. The van der Waals surface area contributed by atoms with Crippen molar-refractivity contribution in [3.05, 3.63) is 59.2 Å². The van der Waals surface area contributed by atoms with Crippen molar-refractivity contribution in [2.45, 2.75) is 44.4 Å². The van der Waals surface area contributed by atoms with E-state index in [0.717, 1.165) is 9.54 Å². The van der Waals surface area contributed by atoms with Gasteiger partial charge in [-0.25, -0.2) is 17.4 Å². The number of imidazole rings is 1. The average Bonchev–Trinajstić information content (AvgIpc) is 3.14. The summed E-state index contributed by atoms with van der Waals surface area (Å²) >= 11 is 0. The molecule has 3 rings (SSSR count). The van der Waals surface area contributed by atoms with Gasteiger partial charge in [0, 0.05) is 12.1 Å². The van der Waals surface area contributed by atoms with Gasteiger partial charge < -0.3 is 4.74 Å². The molecule has 6 nitrogen and oxygen atoms in total. The van der Waals surface area contributed by atoms with Gasteiger partial charge in [-0.15, -0.1) is 0 Å². The number of methoxy groups -OCH3 is 1. The number of benzene rings is 1. The summed E-state index contributed by atoms with van der Waals surface area (Å²) in [5.74, 6) is -0.845. The Labute approximate surface area is 159 Å². The van der Waals surface area contributed by atoms with Crippen molar-refractivity contribution < 1.29 is 17.9 Å². The van der Waals surface area contributed by atoms with Crippen LogP contribution in [0.2, 0.25) is 0 Å². The molecule has 1 aliphatic rings. The molecule has 27 heavy (non-hydrogen) atoms. The minimum Gasteiger partial charge on any atom is -0.469 e. The van der Waals surface area contributed by atoms with Crippen LogP contribution in [0.25, 0.3) is 0 Å². The summed E-state index contributed by atoms with van der Waals surface area (Å²) in [7, 11) is -2.34. The van der Waals surface area contributed by atoms with Gasteiger partial charge in [0.1, 0.15) is 6.33 Å². The van der Waals surface area contributed by atoms with E-state index in [2.05, 4.69) is 4.98 Å². The highest BCUT2D eigenvalue weighted by Crippen LogP contribution is 2.40.